The van der Waals surface area contributed by atoms with Crippen LogP contribution < -0.4 is 14.8 Å². The van der Waals surface area contributed by atoms with Crippen molar-refractivity contribution in [2.75, 3.05) is 19.5 Å². The first kappa shape index (κ1) is 15.4. The molecule has 112 valence electrons. The molecule has 0 saturated carbocycles. The predicted molar refractivity (Wildman–Crippen MR) is 78.2 cm³/mol. The van der Waals surface area contributed by atoms with Crippen LogP contribution in [0.4, 0.5) is 14.5 Å². The Labute approximate surface area is 126 Å². The van der Waals surface area contributed by atoms with Crippen LogP contribution >= 0.6 is 11.6 Å². The molecule has 0 aliphatic heterocycles. The van der Waals surface area contributed by atoms with Crippen molar-refractivity contribution in [2.24, 2.45) is 0 Å². The molecular formula is C15H14ClF2NO2. The maximum Gasteiger partial charge on any atom is 0.181 e. The first-order chi connectivity index (χ1) is 10.1. The predicted octanol–water partition coefficient (Wildman–Crippen LogP) is 4.25. The molecule has 6 heteroatoms. The van der Waals surface area contributed by atoms with E-state index in [1.807, 2.05) is 0 Å². The number of rotatable bonds is 5. The van der Waals surface area contributed by atoms with E-state index in [4.69, 9.17) is 21.1 Å². The molecule has 2 aromatic carbocycles. The summed E-state index contributed by atoms with van der Waals surface area (Å²) < 4.78 is 37.0. The number of methoxy groups -OCH3 is 2. The number of halogens is 3. The number of hydrogen-bond donors (Lipinski definition) is 1. The third-order valence-electron chi connectivity index (χ3n) is 2.93. The van der Waals surface area contributed by atoms with E-state index in [0.717, 1.165) is 11.6 Å². The summed E-state index contributed by atoms with van der Waals surface area (Å²) in [7, 11) is 2.99. The summed E-state index contributed by atoms with van der Waals surface area (Å²) in [5.41, 5.74) is 0.835. The summed E-state index contributed by atoms with van der Waals surface area (Å²) in [5, 5.41) is 3.20. The highest BCUT2D eigenvalue weighted by Gasteiger charge is 2.12. The van der Waals surface area contributed by atoms with E-state index in [2.05, 4.69) is 5.32 Å². The maximum atomic E-state index is 13.5. The maximum absolute atomic E-state index is 13.5. The lowest BCUT2D eigenvalue weighted by molar-refractivity contribution is 0.355. The molecular weight excluding hydrogens is 300 g/mol. The Bertz CT molecular complexity index is 650. The average molecular weight is 314 g/mol. The highest BCUT2D eigenvalue weighted by atomic mass is 35.5. The lowest BCUT2D eigenvalue weighted by atomic mass is 10.2. The van der Waals surface area contributed by atoms with E-state index in [1.165, 1.54) is 26.4 Å². The standard InChI is InChI=1S/C15H14ClF2NO2/c1-20-13-7-9(6-10(16)15(13)21-2)8-19-12-5-3-4-11(17)14(12)18/h3-7,19H,8H2,1-2H3. The monoisotopic (exact) mass is 313 g/mol. The van der Waals surface area contributed by atoms with Crippen LogP contribution in [0, 0.1) is 11.6 Å². The second-order valence-corrected chi connectivity index (χ2v) is 4.68. The zero-order valence-electron chi connectivity index (χ0n) is 11.5. The SMILES string of the molecule is COc1cc(CNc2cccc(F)c2F)cc(Cl)c1OC. The zero-order chi connectivity index (χ0) is 15.4. The molecule has 0 unspecified atom stereocenters. The van der Waals surface area contributed by atoms with Crippen molar-refractivity contribution in [1.29, 1.82) is 0 Å². The second-order valence-electron chi connectivity index (χ2n) is 4.27. The van der Waals surface area contributed by atoms with Crippen molar-refractivity contribution in [1.82, 2.24) is 0 Å². The third kappa shape index (κ3) is 3.36. The molecule has 0 aliphatic carbocycles. The fourth-order valence-electron chi connectivity index (χ4n) is 1.91. The molecule has 2 aromatic rings. The second kappa shape index (κ2) is 6.63. The molecule has 0 fully saturated rings. The van der Waals surface area contributed by atoms with E-state index in [-0.39, 0.29) is 12.2 Å². The quantitative estimate of drug-likeness (QED) is 0.895. The van der Waals surface area contributed by atoms with Crippen LogP contribution in [-0.4, -0.2) is 14.2 Å². The molecule has 21 heavy (non-hydrogen) atoms. The minimum atomic E-state index is -0.913. The van der Waals surface area contributed by atoms with Gasteiger partial charge in [0, 0.05) is 6.54 Å². The molecule has 0 heterocycles. The summed E-state index contributed by atoms with van der Waals surface area (Å²) in [5.74, 6) is -0.907. The fourth-order valence-corrected chi connectivity index (χ4v) is 2.22. The van der Waals surface area contributed by atoms with Gasteiger partial charge in [-0.2, -0.15) is 0 Å². The van der Waals surface area contributed by atoms with Crippen molar-refractivity contribution in [3.05, 3.63) is 52.6 Å². The fraction of sp³-hybridized carbons (Fsp3) is 0.200. The molecule has 3 nitrogen and oxygen atoms in total. The van der Waals surface area contributed by atoms with E-state index >= 15 is 0 Å². The van der Waals surface area contributed by atoms with Crippen LogP contribution in [0.2, 0.25) is 5.02 Å². The van der Waals surface area contributed by atoms with Gasteiger partial charge in [0.2, 0.25) is 0 Å². The summed E-state index contributed by atoms with van der Waals surface area (Å²) in [6.07, 6.45) is 0. The van der Waals surface area contributed by atoms with E-state index in [0.29, 0.717) is 16.5 Å². The number of benzene rings is 2. The van der Waals surface area contributed by atoms with Crippen molar-refractivity contribution in [2.45, 2.75) is 6.54 Å². The van der Waals surface area contributed by atoms with Crippen molar-refractivity contribution in [3.63, 3.8) is 0 Å². The Morgan fingerprint density at radius 1 is 1.14 bits per heavy atom. The number of hydrogen-bond acceptors (Lipinski definition) is 3. The molecule has 0 spiro atoms. The Balaban J connectivity index is 2.20. The number of anilines is 1. The normalized spacial score (nSPS) is 10.3. The summed E-state index contributed by atoms with van der Waals surface area (Å²) >= 11 is 6.08. The first-order valence-electron chi connectivity index (χ1n) is 6.15. The van der Waals surface area contributed by atoms with Gasteiger partial charge in [-0.15, -0.1) is 0 Å². The lowest BCUT2D eigenvalue weighted by Crippen LogP contribution is -2.03. The largest absolute Gasteiger partial charge is 0.493 e. The van der Waals surface area contributed by atoms with Gasteiger partial charge in [0.25, 0.3) is 0 Å². The van der Waals surface area contributed by atoms with Crippen LogP contribution in [0.1, 0.15) is 5.56 Å². The van der Waals surface area contributed by atoms with Gasteiger partial charge < -0.3 is 14.8 Å². The van der Waals surface area contributed by atoms with E-state index in [1.54, 1.807) is 12.1 Å². The Morgan fingerprint density at radius 2 is 1.90 bits per heavy atom. The van der Waals surface area contributed by atoms with Crippen LogP contribution in [-0.2, 0) is 6.54 Å². The molecule has 1 N–H and O–H groups in total. The zero-order valence-corrected chi connectivity index (χ0v) is 12.3. The molecule has 2 rings (SSSR count). The first-order valence-corrected chi connectivity index (χ1v) is 6.53. The highest BCUT2D eigenvalue weighted by molar-refractivity contribution is 6.32. The van der Waals surface area contributed by atoms with Gasteiger partial charge in [-0.05, 0) is 29.8 Å². The molecule has 0 radical (unpaired) electrons. The Hall–Kier alpha value is -2.01. The molecule has 0 aliphatic rings. The lowest BCUT2D eigenvalue weighted by Gasteiger charge is -2.13. The number of ether oxygens (including phenoxy) is 2. The van der Waals surface area contributed by atoms with Gasteiger partial charge in [-0.1, -0.05) is 17.7 Å². The van der Waals surface area contributed by atoms with Crippen LogP contribution in [0.5, 0.6) is 11.5 Å². The van der Waals surface area contributed by atoms with Gasteiger partial charge in [-0.25, -0.2) is 8.78 Å². The molecule has 0 bridgehead atoms. The smallest absolute Gasteiger partial charge is 0.181 e. The van der Waals surface area contributed by atoms with Gasteiger partial charge in [-0.3, -0.25) is 0 Å². The number of nitrogens with one attached hydrogen (secondary N) is 1. The van der Waals surface area contributed by atoms with Crippen molar-refractivity contribution >= 4 is 17.3 Å². The highest BCUT2D eigenvalue weighted by Crippen LogP contribution is 2.36. The third-order valence-corrected chi connectivity index (χ3v) is 3.21. The topological polar surface area (TPSA) is 30.5 Å². The Morgan fingerprint density at radius 3 is 2.57 bits per heavy atom. The minimum Gasteiger partial charge on any atom is -0.493 e. The summed E-state index contributed by atoms with van der Waals surface area (Å²) in [4.78, 5) is 0. The molecule has 0 atom stereocenters. The van der Waals surface area contributed by atoms with Crippen molar-refractivity contribution < 1.29 is 18.3 Å². The summed E-state index contributed by atoms with van der Waals surface area (Å²) in [6, 6.07) is 7.35. The van der Waals surface area contributed by atoms with Gasteiger partial charge in [0.05, 0.1) is 24.9 Å². The Kier molecular flexibility index (Phi) is 4.85. The molecule has 0 amide bonds. The van der Waals surface area contributed by atoms with Gasteiger partial charge in [0.1, 0.15) is 0 Å². The van der Waals surface area contributed by atoms with Gasteiger partial charge in [0.15, 0.2) is 23.1 Å². The van der Waals surface area contributed by atoms with Gasteiger partial charge >= 0.3 is 0 Å². The molecule has 0 saturated heterocycles. The molecule has 0 aromatic heterocycles. The van der Waals surface area contributed by atoms with Crippen LogP contribution in [0.3, 0.4) is 0 Å². The minimum absolute atomic E-state index is 0.0842. The summed E-state index contributed by atoms with van der Waals surface area (Å²) in [6.45, 7) is 0.264. The van der Waals surface area contributed by atoms with Crippen molar-refractivity contribution in [3.8, 4) is 11.5 Å². The van der Waals surface area contributed by atoms with Crippen LogP contribution in [0.15, 0.2) is 30.3 Å². The average Bonchev–Trinajstić information content (AvgIpc) is 2.48. The van der Waals surface area contributed by atoms with E-state index < -0.39 is 11.6 Å². The van der Waals surface area contributed by atoms with E-state index in [9.17, 15) is 8.78 Å². The van der Waals surface area contributed by atoms with Crippen LogP contribution in [0.25, 0.3) is 0 Å².